The lowest BCUT2D eigenvalue weighted by atomic mass is 9.96. The van der Waals surface area contributed by atoms with Gasteiger partial charge in [0.05, 0.1) is 0 Å². The summed E-state index contributed by atoms with van der Waals surface area (Å²) in [4.78, 5) is 4.35. The average Bonchev–Trinajstić information content (AvgIpc) is 2.37. The molecule has 1 aliphatic heterocycles. The number of hydrogen-bond donors (Lipinski definition) is 2. The van der Waals surface area contributed by atoms with Crippen LogP contribution in [0.25, 0.3) is 0 Å². The van der Waals surface area contributed by atoms with Crippen LogP contribution in [0.1, 0.15) is 22.4 Å². The molecule has 0 fully saturated rings. The van der Waals surface area contributed by atoms with Crippen molar-refractivity contribution < 1.29 is 8.42 Å². The Hall–Kier alpha value is -1.02. The molecular weight excluding hydrogens is 264 g/mol. The lowest BCUT2D eigenvalue weighted by Crippen LogP contribution is -2.36. The van der Waals surface area contributed by atoms with Crippen LogP contribution in [0.15, 0.2) is 6.20 Å². The predicted molar refractivity (Wildman–Crippen MR) is 73.8 cm³/mol. The lowest BCUT2D eigenvalue weighted by Gasteiger charge is -2.22. The van der Waals surface area contributed by atoms with Crippen LogP contribution in [0.3, 0.4) is 0 Å². The number of fused-ring (bicyclic) bond motifs is 1. The Bertz CT molecular complexity index is 569. The van der Waals surface area contributed by atoms with Crippen molar-refractivity contribution in [1.29, 1.82) is 0 Å². The van der Waals surface area contributed by atoms with Gasteiger partial charge in [0.15, 0.2) is 0 Å². The van der Waals surface area contributed by atoms with Crippen LogP contribution >= 0.6 is 0 Å². The van der Waals surface area contributed by atoms with Crippen molar-refractivity contribution >= 4 is 10.2 Å². The Kier molecular flexibility index (Phi) is 4.19. The van der Waals surface area contributed by atoms with E-state index in [1.807, 2.05) is 13.1 Å². The first kappa shape index (κ1) is 14.4. The van der Waals surface area contributed by atoms with Crippen LogP contribution in [-0.2, 0) is 29.7 Å². The molecule has 1 aliphatic rings. The third kappa shape index (κ3) is 3.11. The molecule has 0 spiro atoms. The number of nitrogens with zero attached hydrogens (tertiary/aromatic N) is 2. The summed E-state index contributed by atoms with van der Waals surface area (Å²) in [5.74, 6) is 0. The number of rotatable bonds is 4. The Morgan fingerprint density at radius 3 is 2.89 bits per heavy atom. The highest BCUT2D eigenvalue weighted by atomic mass is 32.2. The largest absolute Gasteiger partial charge is 0.312 e. The van der Waals surface area contributed by atoms with Gasteiger partial charge >= 0.3 is 0 Å². The molecule has 2 N–H and O–H groups in total. The Morgan fingerprint density at radius 1 is 1.47 bits per heavy atom. The van der Waals surface area contributed by atoms with Crippen LogP contribution < -0.4 is 10.0 Å². The minimum atomic E-state index is -3.40. The van der Waals surface area contributed by atoms with E-state index in [0.717, 1.165) is 36.3 Å². The SMILES string of the molecule is Cc1ncc2c(c1CNS(=O)(=O)N(C)C)CCNC2. The summed E-state index contributed by atoms with van der Waals surface area (Å²) in [6.45, 7) is 3.93. The van der Waals surface area contributed by atoms with Crippen LogP contribution in [0, 0.1) is 6.92 Å². The number of hydrogen-bond acceptors (Lipinski definition) is 4. The zero-order valence-corrected chi connectivity index (χ0v) is 12.3. The molecule has 2 heterocycles. The topological polar surface area (TPSA) is 74.3 Å². The first-order valence-electron chi connectivity index (χ1n) is 6.26. The van der Waals surface area contributed by atoms with Gasteiger partial charge < -0.3 is 5.32 Å². The molecule has 0 radical (unpaired) electrons. The second-order valence-corrected chi connectivity index (χ2v) is 6.83. The summed E-state index contributed by atoms with van der Waals surface area (Å²) in [5, 5.41) is 3.29. The van der Waals surface area contributed by atoms with Crippen molar-refractivity contribution in [1.82, 2.24) is 19.3 Å². The van der Waals surface area contributed by atoms with Gasteiger partial charge in [0, 0.05) is 39.1 Å². The first-order chi connectivity index (χ1) is 8.92. The Balaban J connectivity index is 2.25. The summed E-state index contributed by atoms with van der Waals surface area (Å²) < 4.78 is 27.3. The monoisotopic (exact) mass is 284 g/mol. The first-order valence-corrected chi connectivity index (χ1v) is 7.70. The van der Waals surface area contributed by atoms with E-state index in [0.29, 0.717) is 6.54 Å². The van der Waals surface area contributed by atoms with Gasteiger partial charge in [-0.2, -0.15) is 17.4 Å². The molecule has 0 amide bonds. The molecule has 106 valence electrons. The van der Waals surface area contributed by atoms with Gasteiger partial charge in [0.25, 0.3) is 10.2 Å². The minimum absolute atomic E-state index is 0.294. The van der Waals surface area contributed by atoms with Gasteiger partial charge in [-0.3, -0.25) is 4.98 Å². The molecule has 0 aliphatic carbocycles. The standard InChI is InChI=1S/C12H20N4O2S/c1-9-12(8-15-19(17,18)16(2)3)11-4-5-13-6-10(11)7-14-9/h7,13,15H,4-6,8H2,1-3H3. The van der Waals surface area contributed by atoms with E-state index in [2.05, 4.69) is 15.0 Å². The van der Waals surface area contributed by atoms with Gasteiger partial charge in [-0.1, -0.05) is 0 Å². The fraction of sp³-hybridized carbons (Fsp3) is 0.583. The number of pyridine rings is 1. The van der Waals surface area contributed by atoms with E-state index in [9.17, 15) is 8.42 Å². The van der Waals surface area contributed by atoms with Gasteiger partial charge in [0.1, 0.15) is 0 Å². The molecule has 0 saturated carbocycles. The van der Waals surface area contributed by atoms with E-state index in [-0.39, 0.29) is 0 Å². The van der Waals surface area contributed by atoms with Crippen molar-refractivity contribution in [3.63, 3.8) is 0 Å². The van der Waals surface area contributed by atoms with Crippen molar-refractivity contribution in [2.24, 2.45) is 0 Å². The highest BCUT2D eigenvalue weighted by molar-refractivity contribution is 7.87. The smallest absolute Gasteiger partial charge is 0.279 e. The van der Waals surface area contributed by atoms with Crippen LogP contribution in [0.4, 0.5) is 0 Å². The van der Waals surface area contributed by atoms with E-state index >= 15 is 0 Å². The normalized spacial score (nSPS) is 15.6. The molecule has 7 heteroatoms. The van der Waals surface area contributed by atoms with Crippen LogP contribution in [0.2, 0.25) is 0 Å². The van der Waals surface area contributed by atoms with E-state index in [1.54, 1.807) is 0 Å². The Morgan fingerprint density at radius 2 is 2.21 bits per heavy atom. The molecule has 1 aromatic heterocycles. The molecule has 6 nitrogen and oxygen atoms in total. The predicted octanol–water partition coefficient (Wildman–Crippen LogP) is -0.0683. The third-order valence-corrected chi connectivity index (χ3v) is 4.85. The molecule has 0 saturated heterocycles. The summed E-state index contributed by atoms with van der Waals surface area (Å²) in [5.41, 5.74) is 4.29. The summed E-state index contributed by atoms with van der Waals surface area (Å²) >= 11 is 0. The van der Waals surface area contributed by atoms with Crippen LogP contribution in [-0.4, -0.2) is 38.3 Å². The number of aryl methyl sites for hydroxylation is 1. The van der Waals surface area contributed by atoms with Crippen molar-refractivity contribution in [3.8, 4) is 0 Å². The minimum Gasteiger partial charge on any atom is -0.312 e. The van der Waals surface area contributed by atoms with E-state index in [4.69, 9.17) is 0 Å². The highest BCUT2D eigenvalue weighted by Crippen LogP contribution is 2.20. The molecule has 0 unspecified atom stereocenters. The van der Waals surface area contributed by atoms with Gasteiger partial charge in [-0.15, -0.1) is 0 Å². The van der Waals surface area contributed by atoms with Crippen molar-refractivity contribution in [2.75, 3.05) is 20.6 Å². The fourth-order valence-electron chi connectivity index (χ4n) is 2.17. The van der Waals surface area contributed by atoms with Crippen molar-refractivity contribution in [3.05, 3.63) is 28.6 Å². The zero-order chi connectivity index (χ0) is 14.0. The average molecular weight is 284 g/mol. The second kappa shape index (κ2) is 5.54. The highest BCUT2D eigenvalue weighted by Gasteiger charge is 2.18. The van der Waals surface area contributed by atoms with Gasteiger partial charge in [-0.05, 0) is 36.6 Å². The van der Waals surface area contributed by atoms with E-state index in [1.165, 1.54) is 24.0 Å². The lowest BCUT2D eigenvalue weighted by molar-refractivity contribution is 0.504. The number of aromatic nitrogens is 1. The van der Waals surface area contributed by atoms with Crippen LogP contribution in [0.5, 0.6) is 0 Å². The fourth-order valence-corrected chi connectivity index (χ4v) is 2.76. The number of nitrogens with one attached hydrogen (secondary N) is 2. The van der Waals surface area contributed by atoms with Gasteiger partial charge in [-0.25, -0.2) is 0 Å². The molecule has 0 aromatic carbocycles. The maximum Gasteiger partial charge on any atom is 0.279 e. The summed E-state index contributed by atoms with van der Waals surface area (Å²) in [6.07, 6.45) is 2.79. The molecular formula is C12H20N4O2S. The second-order valence-electron chi connectivity index (χ2n) is 4.86. The molecule has 1 aromatic rings. The molecule has 2 rings (SSSR count). The summed E-state index contributed by atoms with van der Waals surface area (Å²) in [6, 6.07) is 0. The maximum absolute atomic E-state index is 11.8. The van der Waals surface area contributed by atoms with E-state index < -0.39 is 10.2 Å². The molecule has 0 bridgehead atoms. The molecule has 0 atom stereocenters. The molecule has 19 heavy (non-hydrogen) atoms. The Labute approximate surface area is 114 Å². The third-order valence-electron chi connectivity index (χ3n) is 3.38. The van der Waals surface area contributed by atoms with Gasteiger partial charge in [0.2, 0.25) is 0 Å². The quantitative estimate of drug-likeness (QED) is 0.812. The van der Waals surface area contributed by atoms with Crippen molar-refractivity contribution in [2.45, 2.75) is 26.4 Å². The zero-order valence-electron chi connectivity index (χ0n) is 11.5. The maximum atomic E-state index is 11.8. The summed E-state index contributed by atoms with van der Waals surface area (Å²) in [7, 11) is -0.376.